The summed E-state index contributed by atoms with van der Waals surface area (Å²) < 4.78 is 0. The van der Waals surface area contributed by atoms with E-state index in [2.05, 4.69) is 5.32 Å². The lowest BCUT2D eigenvalue weighted by Gasteiger charge is -2.30. The molecule has 0 aromatic rings. The number of aliphatic hydroxyl groups is 1. The molecule has 0 spiro atoms. The molecule has 1 atom stereocenters. The molecule has 76 valence electrons. The molecule has 0 bridgehead atoms. The van der Waals surface area contributed by atoms with Crippen molar-refractivity contribution in [3.63, 3.8) is 0 Å². The minimum Gasteiger partial charge on any atom is -0.391 e. The van der Waals surface area contributed by atoms with Crippen LogP contribution in [-0.2, 0) is 0 Å². The molecule has 1 aliphatic heterocycles. The third-order valence-electron chi connectivity index (χ3n) is 2.21. The zero-order valence-electron chi connectivity index (χ0n) is 8.12. The van der Waals surface area contributed by atoms with E-state index >= 15 is 0 Å². The first-order valence-corrected chi connectivity index (χ1v) is 4.95. The van der Waals surface area contributed by atoms with Gasteiger partial charge >= 0.3 is 6.03 Å². The molecule has 4 nitrogen and oxygen atoms in total. The minimum atomic E-state index is -0.332. The number of amides is 2. The highest BCUT2D eigenvalue weighted by atomic mass is 16.3. The molecule has 0 radical (unpaired) electrons. The van der Waals surface area contributed by atoms with Gasteiger partial charge in [-0.05, 0) is 19.3 Å². The highest BCUT2D eigenvalue weighted by molar-refractivity contribution is 5.74. The van der Waals surface area contributed by atoms with Gasteiger partial charge in [0.25, 0.3) is 0 Å². The summed E-state index contributed by atoms with van der Waals surface area (Å²) in [6.07, 6.45) is 2.33. The molecule has 0 aliphatic carbocycles. The van der Waals surface area contributed by atoms with Gasteiger partial charge in [0.1, 0.15) is 0 Å². The molecule has 1 fully saturated rings. The number of piperidine rings is 1. The van der Waals surface area contributed by atoms with Gasteiger partial charge in [0.2, 0.25) is 0 Å². The predicted molar refractivity (Wildman–Crippen MR) is 50.5 cm³/mol. The van der Waals surface area contributed by atoms with Gasteiger partial charge in [0.05, 0.1) is 6.10 Å². The fourth-order valence-corrected chi connectivity index (χ4v) is 1.48. The Hall–Kier alpha value is -0.770. The molecular weight excluding hydrogens is 168 g/mol. The van der Waals surface area contributed by atoms with Crippen LogP contribution in [0.3, 0.4) is 0 Å². The van der Waals surface area contributed by atoms with Gasteiger partial charge in [-0.1, -0.05) is 6.92 Å². The zero-order chi connectivity index (χ0) is 9.68. The molecule has 4 heteroatoms. The number of rotatable bonds is 2. The molecule has 13 heavy (non-hydrogen) atoms. The van der Waals surface area contributed by atoms with Gasteiger partial charge in [0, 0.05) is 19.6 Å². The standard InChI is InChI=1S/C9H18N2O2/c1-2-5-10-9(13)11-6-3-4-8(12)7-11/h8,12H,2-7H2,1H3,(H,10,13). The summed E-state index contributed by atoms with van der Waals surface area (Å²) in [4.78, 5) is 13.1. The van der Waals surface area contributed by atoms with E-state index in [0.29, 0.717) is 13.1 Å². The number of nitrogens with one attached hydrogen (secondary N) is 1. The van der Waals surface area contributed by atoms with Crippen molar-refractivity contribution in [2.24, 2.45) is 0 Å². The van der Waals surface area contributed by atoms with E-state index in [4.69, 9.17) is 0 Å². The van der Waals surface area contributed by atoms with Crippen LogP contribution in [0.25, 0.3) is 0 Å². The Balaban J connectivity index is 2.28. The van der Waals surface area contributed by atoms with Crippen molar-refractivity contribution in [2.75, 3.05) is 19.6 Å². The maximum absolute atomic E-state index is 11.4. The van der Waals surface area contributed by atoms with Crippen molar-refractivity contribution in [3.8, 4) is 0 Å². The van der Waals surface area contributed by atoms with E-state index in [1.807, 2.05) is 6.92 Å². The second kappa shape index (κ2) is 5.07. The molecule has 1 saturated heterocycles. The van der Waals surface area contributed by atoms with E-state index in [-0.39, 0.29) is 12.1 Å². The Morgan fingerprint density at radius 2 is 2.46 bits per heavy atom. The molecule has 1 aliphatic rings. The number of aliphatic hydroxyl groups excluding tert-OH is 1. The van der Waals surface area contributed by atoms with Gasteiger partial charge in [-0.2, -0.15) is 0 Å². The fourth-order valence-electron chi connectivity index (χ4n) is 1.48. The number of urea groups is 1. The Labute approximate surface area is 78.9 Å². The van der Waals surface area contributed by atoms with Gasteiger partial charge in [-0.15, -0.1) is 0 Å². The van der Waals surface area contributed by atoms with Crippen LogP contribution < -0.4 is 5.32 Å². The van der Waals surface area contributed by atoms with Crippen LogP contribution in [0.2, 0.25) is 0 Å². The molecular formula is C9H18N2O2. The molecule has 0 aromatic carbocycles. The third-order valence-corrected chi connectivity index (χ3v) is 2.21. The van der Waals surface area contributed by atoms with E-state index in [9.17, 15) is 9.90 Å². The maximum Gasteiger partial charge on any atom is 0.317 e. The number of carbonyl (C=O) groups excluding carboxylic acids is 1. The van der Waals surface area contributed by atoms with Gasteiger partial charge < -0.3 is 15.3 Å². The van der Waals surface area contributed by atoms with Crippen molar-refractivity contribution in [2.45, 2.75) is 32.3 Å². The van der Waals surface area contributed by atoms with Crippen molar-refractivity contribution in [3.05, 3.63) is 0 Å². The summed E-state index contributed by atoms with van der Waals surface area (Å²) in [6.45, 7) is 3.99. The highest BCUT2D eigenvalue weighted by Gasteiger charge is 2.21. The Morgan fingerprint density at radius 3 is 3.08 bits per heavy atom. The lowest BCUT2D eigenvalue weighted by Crippen LogP contribution is -2.47. The zero-order valence-corrected chi connectivity index (χ0v) is 8.12. The average molecular weight is 186 g/mol. The van der Waals surface area contributed by atoms with Crippen LogP contribution in [0.4, 0.5) is 4.79 Å². The van der Waals surface area contributed by atoms with Crippen molar-refractivity contribution < 1.29 is 9.90 Å². The van der Waals surface area contributed by atoms with Crippen LogP contribution in [0, 0.1) is 0 Å². The number of hydrogen-bond acceptors (Lipinski definition) is 2. The summed E-state index contributed by atoms with van der Waals surface area (Å²) in [5, 5.41) is 12.1. The second-order valence-corrected chi connectivity index (χ2v) is 3.47. The fraction of sp³-hybridized carbons (Fsp3) is 0.889. The molecule has 0 aromatic heterocycles. The van der Waals surface area contributed by atoms with Crippen molar-refractivity contribution >= 4 is 6.03 Å². The summed E-state index contributed by atoms with van der Waals surface area (Å²) in [7, 11) is 0. The molecule has 1 unspecified atom stereocenters. The number of nitrogens with zero attached hydrogens (tertiary/aromatic N) is 1. The number of carbonyl (C=O) groups is 1. The molecule has 1 rings (SSSR count). The lowest BCUT2D eigenvalue weighted by atomic mass is 10.1. The Morgan fingerprint density at radius 1 is 1.69 bits per heavy atom. The topological polar surface area (TPSA) is 52.6 Å². The summed E-state index contributed by atoms with van der Waals surface area (Å²) >= 11 is 0. The van der Waals surface area contributed by atoms with Crippen LogP contribution in [0.5, 0.6) is 0 Å². The highest BCUT2D eigenvalue weighted by Crippen LogP contribution is 2.09. The SMILES string of the molecule is CCCNC(=O)N1CCCC(O)C1. The summed E-state index contributed by atoms with van der Waals surface area (Å²) in [5.74, 6) is 0. The molecule has 2 N–H and O–H groups in total. The first-order valence-electron chi connectivity index (χ1n) is 4.95. The molecule has 1 heterocycles. The summed E-state index contributed by atoms with van der Waals surface area (Å²) in [5.41, 5.74) is 0. The monoisotopic (exact) mass is 186 g/mol. The number of hydrogen-bond donors (Lipinski definition) is 2. The van der Waals surface area contributed by atoms with Crippen LogP contribution in [-0.4, -0.2) is 41.8 Å². The van der Waals surface area contributed by atoms with Crippen LogP contribution in [0.1, 0.15) is 26.2 Å². The van der Waals surface area contributed by atoms with Crippen LogP contribution in [0.15, 0.2) is 0 Å². The van der Waals surface area contributed by atoms with E-state index in [1.165, 1.54) is 0 Å². The third kappa shape index (κ3) is 3.22. The predicted octanol–water partition coefficient (Wildman–Crippen LogP) is 0.563. The first kappa shape index (κ1) is 10.3. The lowest BCUT2D eigenvalue weighted by molar-refractivity contribution is 0.0843. The first-order chi connectivity index (χ1) is 6.24. The number of β-amino-alcohol motifs (C(OH)–C–C–N with tert-alkyl or cyclic N) is 1. The second-order valence-electron chi connectivity index (χ2n) is 3.47. The van der Waals surface area contributed by atoms with Crippen LogP contribution >= 0.6 is 0 Å². The maximum atomic E-state index is 11.4. The van der Waals surface area contributed by atoms with Gasteiger partial charge in [-0.3, -0.25) is 0 Å². The van der Waals surface area contributed by atoms with E-state index in [0.717, 1.165) is 25.8 Å². The van der Waals surface area contributed by atoms with Gasteiger partial charge in [-0.25, -0.2) is 4.79 Å². The molecule has 2 amide bonds. The van der Waals surface area contributed by atoms with E-state index < -0.39 is 0 Å². The quantitative estimate of drug-likeness (QED) is 0.662. The smallest absolute Gasteiger partial charge is 0.317 e. The Bertz CT molecular complexity index is 173. The van der Waals surface area contributed by atoms with Crippen molar-refractivity contribution in [1.82, 2.24) is 10.2 Å². The average Bonchev–Trinajstić information content (AvgIpc) is 2.14. The minimum absolute atomic E-state index is 0.0411. The normalized spacial score (nSPS) is 22.9. The summed E-state index contributed by atoms with van der Waals surface area (Å²) in [6, 6.07) is -0.0411. The van der Waals surface area contributed by atoms with Crippen molar-refractivity contribution in [1.29, 1.82) is 0 Å². The Kier molecular flexibility index (Phi) is 4.02. The molecule has 0 saturated carbocycles. The number of likely N-dealkylation sites (tertiary alicyclic amines) is 1. The van der Waals surface area contributed by atoms with E-state index in [1.54, 1.807) is 4.90 Å². The largest absolute Gasteiger partial charge is 0.391 e. The van der Waals surface area contributed by atoms with Gasteiger partial charge in [0.15, 0.2) is 0 Å².